The van der Waals surface area contributed by atoms with E-state index >= 15 is 0 Å². The molecular weight excluding hydrogens is 184 g/mol. The summed E-state index contributed by atoms with van der Waals surface area (Å²) >= 11 is 1.39. The molecule has 0 saturated carbocycles. The molecule has 4 heteroatoms. The third kappa shape index (κ3) is 2.07. The fraction of sp³-hybridized carbons (Fsp3) is 0.333. The second-order valence-electron chi connectivity index (χ2n) is 2.64. The number of hydrogen-bond acceptors (Lipinski definition) is 3. The molecule has 1 amide bonds. The van der Waals surface area contributed by atoms with Gasteiger partial charge in [-0.3, -0.25) is 4.79 Å². The second kappa shape index (κ2) is 4.06. The Morgan fingerprint density at radius 2 is 2.46 bits per heavy atom. The molecule has 1 rings (SSSR count). The summed E-state index contributed by atoms with van der Waals surface area (Å²) in [5.74, 6) is -0.0571. The van der Waals surface area contributed by atoms with E-state index in [4.69, 9.17) is 5.26 Å². The van der Waals surface area contributed by atoms with Gasteiger partial charge in [0.05, 0.1) is 5.56 Å². The molecular formula is C9H10N2OS. The number of thiophene rings is 1. The zero-order valence-electron chi connectivity index (χ0n) is 7.55. The van der Waals surface area contributed by atoms with E-state index in [1.165, 1.54) is 11.3 Å². The van der Waals surface area contributed by atoms with Crippen molar-refractivity contribution in [3.05, 3.63) is 16.5 Å². The monoisotopic (exact) mass is 194 g/mol. The van der Waals surface area contributed by atoms with Gasteiger partial charge in [-0.15, -0.1) is 11.3 Å². The van der Waals surface area contributed by atoms with E-state index in [9.17, 15) is 4.79 Å². The average molecular weight is 194 g/mol. The zero-order chi connectivity index (χ0) is 9.84. The Morgan fingerprint density at radius 1 is 1.77 bits per heavy atom. The number of nitriles is 1. The number of carbonyl (C=O) groups excluding carboxylic acids is 1. The zero-order valence-corrected chi connectivity index (χ0v) is 8.36. The molecule has 0 aliphatic rings. The summed E-state index contributed by atoms with van der Waals surface area (Å²) in [6, 6.07) is 2.07. The van der Waals surface area contributed by atoms with Crippen molar-refractivity contribution in [3.8, 4) is 6.07 Å². The van der Waals surface area contributed by atoms with E-state index in [2.05, 4.69) is 11.4 Å². The molecule has 0 spiro atoms. The summed E-state index contributed by atoms with van der Waals surface area (Å²) in [7, 11) is 0. The van der Waals surface area contributed by atoms with Crippen LogP contribution >= 0.6 is 11.3 Å². The van der Waals surface area contributed by atoms with Crippen molar-refractivity contribution in [1.82, 2.24) is 0 Å². The lowest BCUT2D eigenvalue weighted by atomic mass is 10.2. The number of nitrogens with zero attached hydrogens (tertiary/aromatic N) is 1. The largest absolute Gasteiger partial charge is 0.317 e. The van der Waals surface area contributed by atoms with Crippen LogP contribution in [0.1, 0.15) is 24.5 Å². The normalized spacial score (nSPS) is 9.31. The first-order chi connectivity index (χ1) is 6.19. The minimum Gasteiger partial charge on any atom is -0.317 e. The van der Waals surface area contributed by atoms with Gasteiger partial charge in [-0.1, -0.05) is 6.92 Å². The van der Waals surface area contributed by atoms with Gasteiger partial charge in [-0.2, -0.15) is 5.26 Å². The van der Waals surface area contributed by atoms with Crippen molar-refractivity contribution in [2.75, 3.05) is 5.32 Å². The Balaban J connectivity index is 2.90. The fourth-order valence-corrected chi connectivity index (χ4v) is 1.80. The van der Waals surface area contributed by atoms with E-state index < -0.39 is 0 Å². The van der Waals surface area contributed by atoms with Gasteiger partial charge >= 0.3 is 0 Å². The molecule has 3 nitrogen and oxygen atoms in total. The molecule has 0 bridgehead atoms. The molecule has 0 radical (unpaired) electrons. The highest BCUT2D eigenvalue weighted by atomic mass is 32.1. The fourth-order valence-electron chi connectivity index (χ4n) is 0.890. The molecule has 68 valence electrons. The molecule has 1 heterocycles. The quantitative estimate of drug-likeness (QED) is 0.785. The van der Waals surface area contributed by atoms with Gasteiger partial charge in [0, 0.05) is 6.42 Å². The van der Waals surface area contributed by atoms with Crippen molar-refractivity contribution in [3.63, 3.8) is 0 Å². The summed E-state index contributed by atoms with van der Waals surface area (Å²) < 4.78 is 0. The van der Waals surface area contributed by atoms with Gasteiger partial charge in [0.15, 0.2) is 0 Å². The standard InChI is InChI=1S/C9H10N2OS/c1-3-8(12)11-9-7(4-10)6(2)5-13-9/h5H,3H2,1-2H3,(H,11,12). The molecule has 1 aromatic rings. The first-order valence-electron chi connectivity index (χ1n) is 3.97. The van der Waals surface area contributed by atoms with Crippen molar-refractivity contribution in [2.45, 2.75) is 20.3 Å². The lowest BCUT2D eigenvalue weighted by molar-refractivity contribution is -0.115. The maximum absolute atomic E-state index is 11.0. The molecule has 0 atom stereocenters. The molecule has 0 aliphatic heterocycles. The van der Waals surface area contributed by atoms with E-state index in [0.29, 0.717) is 17.0 Å². The van der Waals surface area contributed by atoms with Crippen LogP contribution in [0.2, 0.25) is 0 Å². The minimum absolute atomic E-state index is 0.0571. The van der Waals surface area contributed by atoms with Crippen LogP contribution in [0.25, 0.3) is 0 Å². The number of rotatable bonds is 2. The molecule has 0 unspecified atom stereocenters. The highest BCUT2D eigenvalue weighted by Gasteiger charge is 2.09. The average Bonchev–Trinajstić information content (AvgIpc) is 2.46. The van der Waals surface area contributed by atoms with Crippen LogP contribution in [0.15, 0.2) is 5.38 Å². The summed E-state index contributed by atoms with van der Waals surface area (Å²) in [5.41, 5.74) is 1.49. The Morgan fingerprint density at radius 3 is 3.00 bits per heavy atom. The molecule has 0 aliphatic carbocycles. The van der Waals surface area contributed by atoms with E-state index in [0.717, 1.165) is 5.56 Å². The van der Waals surface area contributed by atoms with Crippen LogP contribution in [0.5, 0.6) is 0 Å². The smallest absolute Gasteiger partial charge is 0.224 e. The molecule has 1 N–H and O–H groups in total. The maximum Gasteiger partial charge on any atom is 0.224 e. The third-order valence-electron chi connectivity index (χ3n) is 1.66. The van der Waals surface area contributed by atoms with Gasteiger partial charge in [0.1, 0.15) is 11.1 Å². The van der Waals surface area contributed by atoms with Crippen molar-refractivity contribution in [1.29, 1.82) is 5.26 Å². The molecule has 0 saturated heterocycles. The lowest BCUT2D eigenvalue weighted by Gasteiger charge is -1.99. The summed E-state index contributed by atoms with van der Waals surface area (Å²) in [4.78, 5) is 11.0. The van der Waals surface area contributed by atoms with Crippen LogP contribution in [0, 0.1) is 18.3 Å². The van der Waals surface area contributed by atoms with Gasteiger partial charge in [0.25, 0.3) is 0 Å². The van der Waals surface area contributed by atoms with Crippen molar-refractivity contribution >= 4 is 22.2 Å². The lowest BCUT2D eigenvalue weighted by Crippen LogP contribution is -2.09. The van der Waals surface area contributed by atoms with Crippen LogP contribution in [-0.2, 0) is 4.79 Å². The van der Waals surface area contributed by atoms with Crippen LogP contribution in [0.3, 0.4) is 0 Å². The van der Waals surface area contributed by atoms with Crippen molar-refractivity contribution in [2.24, 2.45) is 0 Å². The predicted octanol–water partition coefficient (Wildman–Crippen LogP) is 2.28. The van der Waals surface area contributed by atoms with Crippen LogP contribution in [-0.4, -0.2) is 5.91 Å². The summed E-state index contributed by atoms with van der Waals surface area (Å²) in [6.45, 7) is 3.64. The number of carbonyl (C=O) groups is 1. The van der Waals surface area contributed by atoms with Crippen molar-refractivity contribution < 1.29 is 4.79 Å². The Kier molecular flexibility index (Phi) is 3.04. The topological polar surface area (TPSA) is 52.9 Å². The number of anilines is 1. The first kappa shape index (κ1) is 9.75. The number of nitrogens with one attached hydrogen (secondary N) is 1. The molecule has 13 heavy (non-hydrogen) atoms. The van der Waals surface area contributed by atoms with E-state index in [1.54, 1.807) is 6.92 Å². The number of hydrogen-bond donors (Lipinski definition) is 1. The molecule has 0 fully saturated rings. The van der Waals surface area contributed by atoms with Gasteiger partial charge in [-0.25, -0.2) is 0 Å². The second-order valence-corrected chi connectivity index (χ2v) is 3.52. The Bertz CT molecular complexity index is 362. The number of aryl methyl sites for hydroxylation is 1. The summed E-state index contributed by atoms with van der Waals surface area (Å²) in [6.07, 6.45) is 0.432. The minimum atomic E-state index is -0.0571. The Labute approximate surface area is 81.0 Å². The molecule has 1 aromatic heterocycles. The SMILES string of the molecule is CCC(=O)Nc1scc(C)c1C#N. The number of amides is 1. The van der Waals surface area contributed by atoms with E-state index in [-0.39, 0.29) is 5.91 Å². The first-order valence-corrected chi connectivity index (χ1v) is 4.85. The maximum atomic E-state index is 11.0. The Hall–Kier alpha value is -1.34. The van der Waals surface area contributed by atoms with Crippen LogP contribution in [0.4, 0.5) is 5.00 Å². The third-order valence-corrected chi connectivity index (χ3v) is 2.67. The van der Waals surface area contributed by atoms with Crippen LogP contribution < -0.4 is 5.32 Å². The highest BCUT2D eigenvalue weighted by molar-refractivity contribution is 7.14. The van der Waals surface area contributed by atoms with Gasteiger partial charge < -0.3 is 5.32 Å². The van der Waals surface area contributed by atoms with E-state index in [1.807, 2.05) is 12.3 Å². The predicted molar refractivity (Wildman–Crippen MR) is 52.7 cm³/mol. The summed E-state index contributed by atoms with van der Waals surface area (Å²) in [5, 5.41) is 14.0. The van der Waals surface area contributed by atoms with Gasteiger partial charge in [-0.05, 0) is 17.9 Å². The highest BCUT2D eigenvalue weighted by Crippen LogP contribution is 2.26. The molecule has 0 aromatic carbocycles. The van der Waals surface area contributed by atoms with Gasteiger partial charge in [0.2, 0.25) is 5.91 Å².